The minimum Gasteiger partial charge on any atom is -0.314 e. The van der Waals surface area contributed by atoms with E-state index in [1.54, 1.807) is 11.8 Å². The lowest BCUT2D eigenvalue weighted by molar-refractivity contribution is 0.646. The normalized spacial score (nSPS) is 18.6. The molecule has 88 valence electrons. The van der Waals surface area contributed by atoms with Crippen molar-refractivity contribution < 1.29 is 0 Å². The lowest BCUT2D eigenvalue weighted by atomic mass is 10.1. The molecule has 0 radical (unpaired) electrons. The Hall–Kier alpha value is -1.20. The van der Waals surface area contributed by atoms with E-state index in [1.165, 1.54) is 5.56 Å². The number of nitrogens with one attached hydrogen (secondary N) is 1. The first-order chi connectivity index (χ1) is 8.24. The van der Waals surface area contributed by atoms with Gasteiger partial charge in [0, 0.05) is 10.8 Å². The third-order valence-corrected chi connectivity index (χ3v) is 4.01. The van der Waals surface area contributed by atoms with Crippen LogP contribution in [0.5, 0.6) is 0 Å². The van der Waals surface area contributed by atoms with Gasteiger partial charge in [-0.15, -0.1) is 10.2 Å². The molecule has 6 heteroatoms. The van der Waals surface area contributed by atoms with Crippen LogP contribution in [-0.2, 0) is 0 Å². The number of hydrogen-bond donors (Lipinski definition) is 1. The van der Waals surface area contributed by atoms with Gasteiger partial charge < -0.3 is 5.43 Å². The Morgan fingerprint density at radius 3 is 2.88 bits per heavy atom. The highest BCUT2D eigenvalue weighted by Crippen LogP contribution is 2.30. The molecule has 0 fully saturated rings. The zero-order chi connectivity index (χ0) is 11.8. The van der Waals surface area contributed by atoms with Crippen LogP contribution in [0.15, 0.2) is 29.4 Å². The highest BCUT2D eigenvalue weighted by atomic mass is 35.5. The fourth-order valence-corrected chi connectivity index (χ4v) is 2.92. The second-order valence-electron chi connectivity index (χ2n) is 3.91. The summed E-state index contributed by atoms with van der Waals surface area (Å²) in [6.07, 6.45) is 0. The highest BCUT2D eigenvalue weighted by molar-refractivity contribution is 7.99. The molecule has 2 aromatic rings. The maximum absolute atomic E-state index is 5.89. The molecule has 2 heterocycles. The average molecular weight is 267 g/mol. The average Bonchev–Trinajstić information content (AvgIpc) is 2.72. The summed E-state index contributed by atoms with van der Waals surface area (Å²) in [6, 6.07) is 8.19. The highest BCUT2D eigenvalue weighted by Gasteiger charge is 2.22. The van der Waals surface area contributed by atoms with Gasteiger partial charge in [0.05, 0.1) is 6.04 Å². The van der Waals surface area contributed by atoms with Gasteiger partial charge in [-0.2, -0.15) is 0 Å². The largest absolute Gasteiger partial charge is 0.314 e. The second-order valence-corrected chi connectivity index (χ2v) is 5.33. The smallest absolute Gasteiger partial charge is 0.210 e. The van der Waals surface area contributed by atoms with Crippen LogP contribution in [0, 0.1) is 6.92 Å². The van der Waals surface area contributed by atoms with E-state index in [0.717, 1.165) is 21.8 Å². The van der Waals surface area contributed by atoms with Crippen molar-refractivity contribution in [2.75, 3.05) is 11.2 Å². The first kappa shape index (κ1) is 10.9. The minimum absolute atomic E-state index is 0.263. The molecule has 1 aromatic carbocycles. The maximum Gasteiger partial charge on any atom is 0.210 e. The summed E-state index contributed by atoms with van der Waals surface area (Å²) < 4.78 is 1.94. The van der Waals surface area contributed by atoms with Crippen molar-refractivity contribution in [1.29, 1.82) is 0 Å². The predicted octanol–water partition coefficient (Wildman–Crippen LogP) is 2.63. The van der Waals surface area contributed by atoms with Crippen LogP contribution in [0.1, 0.15) is 17.4 Å². The molecule has 1 aliphatic rings. The first-order valence-electron chi connectivity index (χ1n) is 5.31. The van der Waals surface area contributed by atoms with Gasteiger partial charge in [-0.3, -0.25) is 0 Å². The van der Waals surface area contributed by atoms with E-state index in [-0.39, 0.29) is 6.04 Å². The third kappa shape index (κ3) is 2.00. The number of aromatic nitrogens is 3. The van der Waals surface area contributed by atoms with Crippen molar-refractivity contribution in [3.8, 4) is 0 Å². The fraction of sp³-hybridized carbons (Fsp3) is 0.273. The number of benzene rings is 1. The SMILES string of the molecule is Cc1nnc2n1N[C@H](c1ccc(Cl)cc1)CS2. The van der Waals surface area contributed by atoms with Crippen LogP contribution in [0.2, 0.25) is 5.02 Å². The maximum atomic E-state index is 5.89. The number of rotatable bonds is 1. The zero-order valence-corrected chi connectivity index (χ0v) is 10.8. The van der Waals surface area contributed by atoms with Crippen molar-refractivity contribution in [3.63, 3.8) is 0 Å². The molecule has 1 N–H and O–H groups in total. The van der Waals surface area contributed by atoms with Gasteiger partial charge in [-0.1, -0.05) is 35.5 Å². The molecule has 1 atom stereocenters. The van der Waals surface area contributed by atoms with Crippen LogP contribution in [-0.4, -0.2) is 20.6 Å². The quantitative estimate of drug-likeness (QED) is 0.862. The molecule has 1 aromatic heterocycles. The number of halogens is 1. The van der Waals surface area contributed by atoms with Crippen LogP contribution >= 0.6 is 23.4 Å². The van der Waals surface area contributed by atoms with E-state index in [9.17, 15) is 0 Å². The Morgan fingerprint density at radius 2 is 2.12 bits per heavy atom. The van der Waals surface area contributed by atoms with Crippen LogP contribution in [0.3, 0.4) is 0 Å². The number of hydrogen-bond acceptors (Lipinski definition) is 4. The van der Waals surface area contributed by atoms with Crippen molar-refractivity contribution in [2.45, 2.75) is 18.1 Å². The van der Waals surface area contributed by atoms with Gasteiger partial charge >= 0.3 is 0 Å². The van der Waals surface area contributed by atoms with Crippen LogP contribution < -0.4 is 5.43 Å². The molecule has 0 saturated carbocycles. The summed E-state index contributed by atoms with van der Waals surface area (Å²) in [5.41, 5.74) is 4.63. The third-order valence-electron chi connectivity index (χ3n) is 2.73. The summed E-state index contributed by atoms with van der Waals surface area (Å²) in [7, 11) is 0. The monoisotopic (exact) mass is 266 g/mol. The van der Waals surface area contributed by atoms with Gasteiger partial charge in [0.1, 0.15) is 5.82 Å². The molecule has 0 saturated heterocycles. The Morgan fingerprint density at radius 1 is 1.35 bits per heavy atom. The van der Waals surface area contributed by atoms with Gasteiger partial charge in [0.25, 0.3) is 0 Å². The van der Waals surface area contributed by atoms with Crippen molar-refractivity contribution >= 4 is 23.4 Å². The molecule has 0 aliphatic carbocycles. The van der Waals surface area contributed by atoms with Gasteiger partial charge in [0.15, 0.2) is 0 Å². The number of nitrogens with zero attached hydrogens (tertiary/aromatic N) is 3. The van der Waals surface area contributed by atoms with Crippen molar-refractivity contribution in [3.05, 3.63) is 40.7 Å². The summed E-state index contributed by atoms with van der Waals surface area (Å²) in [5.74, 6) is 1.82. The van der Waals surface area contributed by atoms with E-state index < -0.39 is 0 Å². The first-order valence-corrected chi connectivity index (χ1v) is 6.67. The van der Waals surface area contributed by atoms with E-state index in [1.807, 2.05) is 35.9 Å². The van der Waals surface area contributed by atoms with Crippen LogP contribution in [0.4, 0.5) is 0 Å². The van der Waals surface area contributed by atoms with Gasteiger partial charge in [-0.25, -0.2) is 4.68 Å². The van der Waals surface area contributed by atoms with Crippen molar-refractivity contribution in [2.24, 2.45) is 0 Å². The number of thioether (sulfide) groups is 1. The molecular weight excluding hydrogens is 256 g/mol. The minimum atomic E-state index is 0.263. The Bertz CT molecular complexity index is 537. The van der Waals surface area contributed by atoms with Crippen LogP contribution in [0.25, 0.3) is 0 Å². The Labute approximate surface area is 108 Å². The van der Waals surface area contributed by atoms with Gasteiger partial charge in [0.2, 0.25) is 5.16 Å². The molecular formula is C11H11ClN4S. The van der Waals surface area contributed by atoms with Crippen molar-refractivity contribution in [1.82, 2.24) is 14.9 Å². The summed E-state index contributed by atoms with van der Waals surface area (Å²) in [4.78, 5) is 0. The molecule has 1 aliphatic heterocycles. The zero-order valence-electron chi connectivity index (χ0n) is 9.22. The van der Waals surface area contributed by atoms with E-state index >= 15 is 0 Å². The molecule has 3 rings (SSSR count). The molecule has 0 unspecified atom stereocenters. The standard InChI is InChI=1S/C11H11ClN4S/c1-7-13-14-11-16(7)15-10(6-17-11)8-2-4-9(12)5-3-8/h2-5,10,15H,6H2,1H3/t10-/m0/s1. The lowest BCUT2D eigenvalue weighted by Crippen LogP contribution is -2.28. The summed E-state index contributed by atoms with van der Waals surface area (Å²) >= 11 is 7.60. The second kappa shape index (κ2) is 4.23. The molecule has 4 nitrogen and oxygen atoms in total. The summed E-state index contributed by atoms with van der Waals surface area (Å²) in [6.45, 7) is 1.94. The number of aryl methyl sites for hydroxylation is 1. The summed E-state index contributed by atoms with van der Waals surface area (Å²) in [5, 5.41) is 9.83. The Balaban J connectivity index is 1.88. The van der Waals surface area contributed by atoms with E-state index in [0.29, 0.717) is 0 Å². The lowest BCUT2D eigenvalue weighted by Gasteiger charge is -2.26. The molecule has 0 spiro atoms. The predicted molar refractivity (Wildman–Crippen MR) is 69.0 cm³/mol. The molecule has 0 bridgehead atoms. The fourth-order valence-electron chi connectivity index (χ4n) is 1.80. The topological polar surface area (TPSA) is 42.7 Å². The number of fused-ring (bicyclic) bond motifs is 1. The molecule has 0 amide bonds. The molecule has 17 heavy (non-hydrogen) atoms. The van der Waals surface area contributed by atoms with Gasteiger partial charge in [-0.05, 0) is 24.6 Å². The van der Waals surface area contributed by atoms with E-state index in [4.69, 9.17) is 11.6 Å². The van der Waals surface area contributed by atoms with E-state index in [2.05, 4.69) is 15.6 Å². The Kier molecular flexibility index (Phi) is 2.72.